The van der Waals surface area contributed by atoms with Gasteiger partial charge in [-0.15, -0.1) is 0 Å². The van der Waals surface area contributed by atoms with Gasteiger partial charge in [0, 0.05) is 49.7 Å². The average Bonchev–Trinajstić information content (AvgIpc) is 2.86. The van der Waals surface area contributed by atoms with Crippen LogP contribution < -0.4 is 4.74 Å². The molecule has 1 aliphatic rings. The molecule has 1 N–H and O–H groups in total. The Morgan fingerprint density at radius 1 is 1.20 bits per heavy atom. The van der Waals surface area contributed by atoms with Crippen molar-refractivity contribution in [3.63, 3.8) is 0 Å². The van der Waals surface area contributed by atoms with Crippen LogP contribution >= 0.6 is 0 Å². The van der Waals surface area contributed by atoms with Gasteiger partial charge in [-0.05, 0) is 49.7 Å². The number of hydrogen-bond donors (Lipinski definition) is 1. The van der Waals surface area contributed by atoms with E-state index in [-0.39, 0.29) is 30.6 Å². The smallest absolute Gasteiger partial charge is 0.259 e. The predicted molar refractivity (Wildman–Crippen MR) is 136 cm³/mol. The Bertz CT molecular complexity index is 1150. The van der Waals surface area contributed by atoms with E-state index in [0.29, 0.717) is 24.5 Å². The van der Waals surface area contributed by atoms with Gasteiger partial charge in [-0.25, -0.2) is 4.98 Å². The lowest BCUT2D eigenvalue weighted by atomic mass is 9.98. The average molecular weight is 475 g/mol. The van der Waals surface area contributed by atoms with E-state index >= 15 is 0 Å². The van der Waals surface area contributed by atoms with Gasteiger partial charge < -0.3 is 14.7 Å². The van der Waals surface area contributed by atoms with Crippen LogP contribution in [0.3, 0.4) is 0 Å². The second-order valence-electron chi connectivity index (χ2n) is 9.57. The first-order valence-electron chi connectivity index (χ1n) is 12.1. The Labute approximate surface area is 207 Å². The summed E-state index contributed by atoms with van der Waals surface area (Å²) in [7, 11) is 2.05. The highest BCUT2D eigenvalue weighted by molar-refractivity contribution is 5.98. The van der Waals surface area contributed by atoms with Crippen LogP contribution in [0, 0.1) is 12.8 Å². The molecule has 7 nitrogen and oxygen atoms in total. The molecule has 0 aliphatic carbocycles. The van der Waals surface area contributed by atoms with Crippen molar-refractivity contribution in [2.24, 2.45) is 5.92 Å². The molecule has 1 aromatic carbocycles. The number of pyridine rings is 2. The molecule has 0 bridgehead atoms. The molecule has 4 rings (SSSR count). The fraction of sp³-hybridized carbons (Fsp3) is 0.393. The molecule has 1 aliphatic heterocycles. The molecule has 35 heavy (non-hydrogen) atoms. The summed E-state index contributed by atoms with van der Waals surface area (Å²) in [5.41, 5.74) is 4.56. The number of carbonyl (C=O) groups is 1. The number of benzene rings is 1. The van der Waals surface area contributed by atoms with E-state index in [1.807, 2.05) is 56.4 Å². The maximum absolute atomic E-state index is 13.7. The molecule has 0 saturated carbocycles. The number of aromatic nitrogens is 2. The van der Waals surface area contributed by atoms with Gasteiger partial charge in [-0.1, -0.05) is 37.3 Å². The molecular weight excluding hydrogens is 440 g/mol. The van der Waals surface area contributed by atoms with Crippen LogP contribution in [0.4, 0.5) is 0 Å². The highest BCUT2D eigenvalue weighted by Crippen LogP contribution is 2.31. The Morgan fingerprint density at radius 3 is 2.71 bits per heavy atom. The fourth-order valence-electron chi connectivity index (χ4n) is 4.54. The van der Waals surface area contributed by atoms with E-state index in [1.54, 1.807) is 17.3 Å². The van der Waals surface area contributed by atoms with Gasteiger partial charge in [0.15, 0.2) is 0 Å². The van der Waals surface area contributed by atoms with Gasteiger partial charge >= 0.3 is 0 Å². The number of carbonyl (C=O) groups excluding carboxylic acids is 1. The van der Waals surface area contributed by atoms with Crippen molar-refractivity contribution < 1.29 is 14.6 Å². The topological polar surface area (TPSA) is 78.8 Å². The van der Waals surface area contributed by atoms with E-state index in [2.05, 4.69) is 34.9 Å². The summed E-state index contributed by atoms with van der Waals surface area (Å²) in [6.07, 6.45) is 5.22. The number of aliphatic hydroxyl groups is 1. The molecule has 0 unspecified atom stereocenters. The molecule has 0 saturated heterocycles. The second-order valence-corrected chi connectivity index (χ2v) is 9.57. The Hall–Kier alpha value is -3.29. The number of amides is 1. The maximum Gasteiger partial charge on any atom is 0.259 e. The van der Waals surface area contributed by atoms with Gasteiger partial charge in [0.1, 0.15) is 11.7 Å². The molecule has 0 fully saturated rings. The maximum atomic E-state index is 13.7. The number of aryl methyl sites for hydroxylation is 1. The van der Waals surface area contributed by atoms with Crippen LogP contribution in [0.15, 0.2) is 61.1 Å². The van der Waals surface area contributed by atoms with E-state index < -0.39 is 0 Å². The molecule has 7 heteroatoms. The largest absolute Gasteiger partial charge is 0.472 e. The summed E-state index contributed by atoms with van der Waals surface area (Å²) < 4.78 is 6.43. The van der Waals surface area contributed by atoms with Crippen LogP contribution in [0.5, 0.6) is 5.88 Å². The highest BCUT2D eigenvalue weighted by Gasteiger charge is 2.34. The lowest BCUT2D eigenvalue weighted by molar-refractivity contribution is 0.0325. The molecule has 0 radical (unpaired) electrons. The number of fused-ring (bicyclic) bond motifs is 1. The van der Waals surface area contributed by atoms with Crippen molar-refractivity contribution in [2.75, 3.05) is 26.7 Å². The van der Waals surface area contributed by atoms with Gasteiger partial charge in [0.05, 0.1) is 12.6 Å². The quantitative estimate of drug-likeness (QED) is 0.561. The fourth-order valence-corrected chi connectivity index (χ4v) is 4.54. The van der Waals surface area contributed by atoms with E-state index in [0.717, 1.165) is 28.8 Å². The van der Waals surface area contributed by atoms with Crippen LogP contribution in [-0.2, 0) is 6.54 Å². The van der Waals surface area contributed by atoms with Crippen molar-refractivity contribution in [2.45, 2.75) is 39.5 Å². The summed E-state index contributed by atoms with van der Waals surface area (Å²) in [4.78, 5) is 26.4. The zero-order chi connectivity index (χ0) is 24.9. The van der Waals surface area contributed by atoms with Gasteiger partial charge in [-0.2, -0.15) is 0 Å². The van der Waals surface area contributed by atoms with Crippen molar-refractivity contribution in [1.29, 1.82) is 0 Å². The minimum Gasteiger partial charge on any atom is -0.472 e. The molecular formula is C28H34N4O3. The monoisotopic (exact) mass is 474 g/mol. The first kappa shape index (κ1) is 24.8. The first-order chi connectivity index (χ1) is 16.9. The summed E-state index contributed by atoms with van der Waals surface area (Å²) in [5, 5.41) is 9.89. The van der Waals surface area contributed by atoms with E-state index in [9.17, 15) is 9.90 Å². The number of ether oxygens (including phenoxy) is 1. The molecule has 2 aromatic heterocycles. The second kappa shape index (κ2) is 11.0. The van der Waals surface area contributed by atoms with Crippen molar-refractivity contribution in [1.82, 2.24) is 19.8 Å². The molecule has 184 valence electrons. The van der Waals surface area contributed by atoms with Crippen molar-refractivity contribution in [3.05, 3.63) is 77.7 Å². The zero-order valence-electron chi connectivity index (χ0n) is 20.9. The normalized spacial score (nSPS) is 19.0. The lowest BCUT2D eigenvalue weighted by Crippen LogP contribution is -2.49. The molecule has 3 atom stereocenters. The number of aliphatic hydroxyl groups excluding tert-OH is 1. The Balaban J connectivity index is 1.67. The summed E-state index contributed by atoms with van der Waals surface area (Å²) in [5.74, 6) is 0.211. The van der Waals surface area contributed by atoms with Crippen LogP contribution in [-0.4, -0.2) is 69.7 Å². The molecule has 0 spiro atoms. The minimum absolute atomic E-state index is 0.0373. The third-order valence-electron chi connectivity index (χ3n) is 6.64. The summed E-state index contributed by atoms with van der Waals surface area (Å²) >= 11 is 0. The molecule has 1 amide bonds. The molecule has 3 heterocycles. The third-order valence-corrected chi connectivity index (χ3v) is 6.64. The Kier molecular flexibility index (Phi) is 7.78. The van der Waals surface area contributed by atoms with Gasteiger partial charge in [-0.3, -0.25) is 14.7 Å². The summed E-state index contributed by atoms with van der Waals surface area (Å²) in [6.45, 7) is 7.77. The molecule has 3 aromatic rings. The SMILES string of the molecule is Cc1ccccc1-c1cnc2c(c1)C(=O)N([C@@H](C)CO)C[C@H](C)[C@@H](CN(C)Cc1cccnc1)O2. The number of hydrogen-bond acceptors (Lipinski definition) is 6. The predicted octanol–water partition coefficient (Wildman–Crippen LogP) is 3.80. The standard InChI is InChI=1S/C28H34N4O3/c1-19-8-5-6-10-24(19)23-12-25-27(30-14-23)35-26(17-31(4)16-22-9-7-11-29-13-22)20(2)15-32(28(25)34)21(3)18-33/h5-14,20-21,26,33H,15-18H2,1-4H3/t20-,21-,26+/m0/s1. The highest BCUT2D eigenvalue weighted by atomic mass is 16.5. The number of rotatable bonds is 7. The van der Waals surface area contributed by atoms with E-state index in [1.165, 1.54) is 0 Å². The van der Waals surface area contributed by atoms with Crippen molar-refractivity contribution in [3.8, 4) is 17.0 Å². The minimum atomic E-state index is -0.313. The number of nitrogens with zero attached hydrogens (tertiary/aromatic N) is 4. The summed E-state index contributed by atoms with van der Waals surface area (Å²) in [6, 6.07) is 13.6. The van der Waals surface area contributed by atoms with Crippen LogP contribution in [0.2, 0.25) is 0 Å². The van der Waals surface area contributed by atoms with E-state index in [4.69, 9.17) is 4.74 Å². The van der Waals surface area contributed by atoms with Gasteiger partial charge in [0.25, 0.3) is 5.91 Å². The van der Waals surface area contributed by atoms with Gasteiger partial charge in [0.2, 0.25) is 5.88 Å². The third kappa shape index (κ3) is 5.69. The zero-order valence-corrected chi connectivity index (χ0v) is 20.9. The van der Waals surface area contributed by atoms with Crippen molar-refractivity contribution >= 4 is 5.91 Å². The first-order valence-corrected chi connectivity index (χ1v) is 12.1. The lowest BCUT2D eigenvalue weighted by Gasteiger charge is -2.37. The number of likely N-dealkylation sites (N-methyl/N-ethyl adjacent to an activating group) is 1. The Morgan fingerprint density at radius 2 is 2.00 bits per heavy atom. The van der Waals surface area contributed by atoms with Crippen LogP contribution in [0.25, 0.3) is 11.1 Å². The van der Waals surface area contributed by atoms with Crippen LogP contribution in [0.1, 0.15) is 35.3 Å².